The first kappa shape index (κ1) is 37.0. The molecule has 2 aliphatic rings. The number of halogens is 2. The third-order valence-corrected chi connectivity index (χ3v) is 10.6. The predicted molar refractivity (Wildman–Crippen MR) is 204 cm³/mol. The molecular weight excluding hydrogens is 747 g/mol. The highest BCUT2D eigenvalue weighted by Crippen LogP contribution is 2.45. The summed E-state index contributed by atoms with van der Waals surface area (Å²) in [6.45, 7) is 12.3. The van der Waals surface area contributed by atoms with Crippen molar-refractivity contribution >= 4 is 52.0 Å². The van der Waals surface area contributed by atoms with E-state index in [4.69, 9.17) is 16.3 Å². The third kappa shape index (κ3) is 8.38. The number of esters is 1. The minimum Gasteiger partial charge on any atom is -0.443 e. The van der Waals surface area contributed by atoms with E-state index in [1.807, 2.05) is 111 Å². The molecule has 3 aromatic rings. The molecule has 3 aromatic carbocycles. The van der Waals surface area contributed by atoms with Gasteiger partial charge in [-0.05, 0) is 54.6 Å². The lowest BCUT2D eigenvalue weighted by atomic mass is 9.73. The molecular formula is C41H46ClIN2O4. The lowest BCUT2D eigenvalue weighted by molar-refractivity contribution is -0.155. The monoisotopic (exact) mass is 792 g/mol. The molecule has 3 atom stereocenters. The second kappa shape index (κ2) is 15.7. The standard InChI is InChI=1S/C41H46ClIN2O4/c1-26(2)21-34(38-36(46)23-40(4,5)24-37(38)47)44-25-35(45-43)39(48)49-41(30-11-7-6-8-12-30,32-13-9-10-14-33(32)42)31-19-17-28(18-20-31)29-16-15-27(3)22-29/h6-14,17-20,26,29,35,44-45H,3,15-16,21-25H2,1-2,4-5H3. The fraction of sp³-hybridized carbons (Fsp3) is 0.390. The van der Waals surface area contributed by atoms with E-state index in [0.29, 0.717) is 41.5 Å². The Hall–Kier alpha value is -3.27. The number of hydrogen-bond acceptors (Lipinski definition) is 6. The number of rotatable bonds is 12. The van der Waals surface area contributed by atoms with Crippen LogP contribution in [0.1, 0.15) is 94.4 Å². The molecule has 8 heteroatoms. The van der Waals surface area contributed by atoms with Crippen molar-refractivity contribution in [2.75, 3.05) is 6.54 Å². The van der Waals surface area contributed by atoms with Crippen molar-refractivity contribution in [3.8, 4) is 0 Å². The molecule has 0 aliphatic heterocycles. The van der Waals surface area contributed by atoms with Gasteiger partial charge in [0, 0.05) is 69.7 Å². The minimum atomic E-state index is -1.37. The highest BCUT2D eigenvalue weighted by molar-refractivity contribution is 14.1. The second-order valence-electron chi connectivity index (χ2n) is 14.6. The fourth-order valence-corrected chi connectivity index (χ4v) is 7.90. The van der Waals surface area contributed by atoms with Crippen LogP contribution in [0.15, 0.2) is 102 Å². The van der Waals surface area contributed by atoms with Gasteiger partial charge in [0.05, 0.1) is 5.57 Å². The summed E-state index contributed by atoms with van der Waals surface area (Å²) in [5.74, 6) is -0.230. The van der Waals surface area contributed by atoms with Gasteiger partial charge in [-0.3, -0.25) is 14.4 Å². The van der Waals surface area contributed by atoms with Gasteiger partial charge in [0.15, 0.2) is 17.2 Å². The van der Waals surface area contributed by atoms with E-state index >= 15 is 0 Å². The summed E-state index contributed by atoms with van der Waals surface area (Å²) in [7, 11) is 0. The highest BCUT2D eigenvalue weighted by atomic mass is 127. The summed E-state index contributed by atoms with van der Waals surface area (Å²) >= 11 is 8.90. The molecule has 0 spiro atoms. The van der Waals surface area contributed by atoms with E-state index in [9.17, 15) is 14.4 Å². The fourth-order valence-electron chi connectivity index (χ4n) is 7.16. The van der Waals surface area contributed by atoms with Crippen molar-refractivity contribution < 1.29 is 19.1 Å². The third-order valence-electron chi connectivity index (χ3n) is 9.54. The van der Waals surface area contributed by atoms with E-state index in [-0.39, 0.29) is 35.0 Å². The molecule has 3 unspecified atom stereocenters. The van der Waals surface area contributed by atoms with E-state index < -0.39 is 17.6 Å². The zero-order valence-electron chi connectivity index (χ0n) is 28.8. The topological polar surface area (TPSA) is 84.5 Å². The van der Waals surface area contributed by atoms with Gasteiger partial charge in [-0.2, -0.15) is 0 Å². The van der Waals surface area contributed by atoms with Crippen molar-refractivity contribution in [2.45, 2.75) is 83.8 Å². The van der Waals surface area contributed by atoms with Crippen molar-refractivity contribution in [2.24, 2.45) is 11.3 Å². The Balaban J connectivity index is 1.53. The smallest absolute Gasteiger partial charge is 0.327 e. The zero-order chi connectivity index (χ0) is 35.3. The van der Waals surface area contributed by atoms with E-state index in [1.54, 1.807) is 6.07 Å². The van der Waals surface area contributed by atoms with Gasteiger partial charge < -0.3 is 10.1 Å². The number of nitrogens with one attached hydrogen (secondary N) is 2. The summed E-state index contributed by atoms with van der Waals surface area (Å²) in [5.41, 5.74) is 3.72. The van der Waals surface area contributed by atoms with Gasteiger partial charge in [-0.1, -0.05) is 124 Å². The molecule has 258 valence electrons. The second-order valence-corrected chi connectivity index (χ2v) is 15.6. The van der Waals surface area contributed by atoms with Gasteiger partial charge in [-0.25, -0.2) is 3.53 Å². The van der Waals surface area contributed by atoms with Gasteiger partial charge in [-0.15, -0.1) is 0 Å². The first-order valence-electron chi connectivity index (χ1n) is 17.0. The summed E-state index contributed by atoms with van der Waals surface area (Å²) < 4.78 is 9.84. The quantitative estimate of drug-likeness (QED) is 0.0362. The Labute approximate surface area is 309 Å². The Bertz CT molecular complexity index is 1710. The number of ether oxygens (including phenoxy) is 1. The molecule has 2 aliphatic carbocycles. The maximum atomic E-state index is 14.4. The largest absolute Gasteiger partial charge is 0.443 e. The average Bonchev–Trinajstić information content (AvgIpc) is 3.49. The van der Waals surface area contributed by atoms with Crippen LogP contribution in [0.3, 0.4) is 0 Å². The van der Waals surface area contributed by atoms with Crippen LogP contribution in [0, 0.1) is 11.3 Å². The molecule has 0 amide bonds. The summed E-state index contributed by atoms with van der Waals surface area (Å²) in [6.07, 6.45) is 4.19. The van der Waals surface area contributed by atoms with Crippen LogP contribution in [0.2, 0.25) is 5.02 Å². The van der Waals surface area contributed by atoms with Crippen LogP contribution in [-0.2, 0) is 24.7 Å². The first-order valence-corrected chi connectivity index (χ1v) is 18.5. The Kier molecular flexibility index (Phi) is 11.9. The van der Waals surface area contributed by atoms with Crippen molar-refractivity contribution in [1.29, 1.82) is 0 Å². The van der Waals surface area contributed by atoms with Crippen LogP contribution in [0.4, 0.5) is 0 Å². The molecule has 49 heavy (non-hydrogen) atoms. The van der Waals surface area contributed by atoms with E-state index in [2.05, 4.69) is 27.6 Å². The lowest BCUT2D eigenvalue weighted by Crippen LogP contribution is -2.46. The minimum absolute atomic E-state index is 0.106. The molecule has 2 fully saturated rings. The molecule has 5 rings (SSSR count). The Morgan fingerprint density at radius 3 is 2.16 bits per heavy atom. The number of ketones is 2. The maximum Gasteiger partial charge on any atom is 0.327 e. The molecule has 0 radical (unpaired) electrons. The van der Waals surface area contributed by atoms with Gasteiger partial charge in [0.1, 0.15) is 6.04 Å². The zero-order valence-corrected chi connectivity index (χ0v) is 31.7. The number of benzene rings is 3. The number of carbonyl (C=O) groups excluding carboxylic acids is 3. The SMILES string of the molecule is C=C1CCC(c2ccc(C(OC(=O)C(CNC(CC(C)C)=C3C(=O)CC(C)(C)CC3=O)NI)(c3ccccc3)c3ccccc3Cl)cc2)C1. The van der Waals surface area contributed by atoms with Gasteiger partial charge in [0.25, 0.3) is 0 Å². The summed E-state index contributed by atoms with van der Waals surface area (Å²) in [6, 6.07) is 24.6. The normalized spacial score (nSPS) is 19.4. The van der Waals surface area contributed by atoms with Crippen molar-refractivity contribution in [3.05, 3.63) is 130 Å². The molecule has 6 nitrogen and oxygen atoms in total. The van der Waals surface area contributed by atoms with Crippen LogP contribution < -0.4 is 8.85 Å². The summed E-state index contributed by atoms with van der Waals surface area (Å²) in [5, 5.41) is 3.80. The molecule has 2 N–H and O–H groups in total. The first-order chi connectivity index (χ1) is 23.3. The van der Waals surface area contributed by atoms with Crippen molar-refractivity contribution in [3.63, 3.8) is 0 Å². The van der Waals surface area contributed by atoms with Gasteiger partial charge in [0.2, 0.25) is 0 Å². The van der Waals surface area contributed by atoms with E-state index in [1.165, 1.54) is 11.1 Å². The molecule has 0 saturated heterocycles. The van der Waals surface area contributed by atoms with E-state index in [0.717, 1.165) is 30.4 Å². The Morgan fingerprint density at radius 2 is 1.59 bits per heavy atom. The molecule has 0 heterocycles. The van der Waals surface area contributed by atoms with Crippen LogP contribution in [0.25, 0.3) is 0 Å². The lowest BCUT2D eigenvalue weighted by Gasteiger charge is -2.37. The van der Waals surface area contributed by atoms with Crippen LogP contribution in [0.5, 0.6) is 0 Å². The Morgan fingerprint density at radius 1 is 0.980 bits per heavy atom. The average molecular weight is 793 g/mol. The number of allylic oxidation sites excluding steroid dienone is 3. The summed E-state index contributed by atoms with van der Waals surface area (Å²) in [4.78, 5) is 40.9. The van der Waals surface area contributed by atoms with Crippen LogP contribution >= 0.6 is 34.5 Å². The number of hydrogen-bond donors (Lipinski definition) is 2. The van der Waals surface area contributed by atoms with Gasteiger partial charge >= 0.3 is 5.97 Å². The molecule has 0 bridgehead atoms. The molecule has 0 aromatic heterocycles. The molecule has 2 saturated carbocycles. The number of Topliss-reactive ketones (excluding diaryl/α,β-unsaturated/α-hetero) is 2. The maximum absolute atomic E-state index is 14.4. The number of carbonyl (C=O) groups is 3. The highest BCUT2D eigenvalue weighted by Gasteiger charge is 2.44. The van der Waals surface area contributed by atoms with Crippen molar-refractivity contribution in [1.82, 2.24) is 8.85 Å². The van der Waals surface area contributed by atoms with Crippen LogP contribution in [-0.4, -0.2) is 30.1 Å². The predicted octanol–water partition coefficient (Wildman–Crippen LogP) is 9.16.